The van der Waals surface area contributed by atoms with Gasteiger partial charge in [0.1, 0.15) is 0 Å². The summed E-state index contributed by atoms with van der Waals surface area (Å²) in [6.07, 6.45) is 2.04. The number of hydrogen-bond acceptors (Lipinski definition) is 3. The Balaban J connectivity index is 1.64. The molecule has 1 fully saturated rings. The number of rotatable bonds is 4. The Morgan fingerprint density at radius 2 is 1.83 bits per heavy atom. The maximum atomic E-state index is 10.9. The molecular weight excluding hydrogens is 352 g/mol. The summed E-state index contributed by atoms with van der Waals surface area (Å²) in [6.45, 7) is 5.27. The zero-order valence-corrected chi connectivity index (χ0v) is 14.7. The molecule has 0 unspecified atom stereocenters. The molecule has 0 N–H and O–H groups in total. The summed E-state index contributed by atoms with van der Waals surface area (Å²) in [7, 11) is 0. The van der Waals surface area contributed by atoms with Gasteiger partial charge in [-0.1, -0.05) is 30.3 Å². The van der Waals surface area contributed by atoms with Gasteiger partial charge < -0.3 is 4.90 Å². The first kappa shape index (κ1) is 16.2. The van der Waals surface area contributed by atoms with Crippen LogP contribution in [0, 0.1) is 0 Å². The Morgan fingerprint density at radius 3 is 2.57 bits per heavy atom. The zero-order valence-electron chi connectivity index (χ0n) is 13.1. The van der Waals surface area contributed by atoms with Crippen LogP contribution in [-0.2, 0) is 6.54 Å². The van der Waals surface area contributed by atoms with Crippen LogP contribution in [0.4, 0.5) is 5.69 Å². The molecule has 0 aromatic heterocycles. The van der Waals surface area contributed by atoms with Gasteiger partial charge in [-0.05, 0) is 46.1 Å². The molecule has 0 amide bonds. The summed E-state index contributed by atoms with van der Waals surface area (Å²) in [6, 6.07) is 16.6. The summed E-state index contributed by atoms with van der Waals surface area (Å²) in [4.78, 5) is 15.9. The summed E-state index contributed by atoms with van der Waals surface area (Å²) in [5.41, 5.74) is 3.26. The predicted molar refractivity (Wildman–Crippen MR) is 98.1 cm³/mol. The first-order chi connectivity index (χ1) is 11.3. The standard InChI is InChI=1S/C19H21BrN2O/c20-19-13-18(8-7-17(19)15-23)22-10-4-9-21(11-12-22)14-16-5-2-1-3-6-16/h1-3,5-8,13,15H,4,9-12,14H2. The second-order valence-electron chi connectivity index (χ2n) is 5.93. The third kappa shape index (κ3) is 4.21. The number of nitrogens with zero attached hydrogens (tertiary/aromatic N) is 2. The van der Waals surface area contributed by atoms with Crippen molar-refractivity contribution in [2.24, 2.45) is 0 Å². The van der Waals surface area contributed by atoms with E-state index in [4.69, 9.17) is 0 Å². The number of benzene rings is 2. The lowest BCUT2D eigenvalue weighted by molar-refractivity contribution is 0.112. The topological polar surface area (TPSA) is 23.6 Å². The molecule has 3 rings (SSSR count). The highest BCUT2D eigenvalue weighted by Gasteiger charge is 2.16. The molecule has 0 saturated carbocycles. The highest BCUT2D eigenvalue weighted by Crippen LogP contribution is 2.24. The number of anilines is 1. The Labute approximate surface area is 146 Å². The van der Waals surface area contributed by atoms with Crippen LogP contribution in [0.15, 0.2) is 53.0 Å². The molecule has 2 aromatic carbocycles. The molecule has 1 aliphatic heterocycles. The molecule has 0 bridgehead atoms. The van der Waals surface area contributed by atoms with Gasteiger partial charge >= 0.3 is 0 Å². The van der Waals surface area contributed by atoms with Gasteiger partial charge in [0.15, 0.2) is 6.29 Å². The molecule has 0 atom stereocenters. The summed E-state index contributed by atoms with van der Waals surface area (Å²) >= 11 is 3.48. The molecular formula is C19H21BrN2O. The third-order valence-electron chi connectivity index (χ3n) is 4.31. The minimum Gasteiger partial charge on any atom is -0.370 e. The summed E-state index contributed by atoms with van der Waals surface area (Å²) in [5, 5.41) is 0. The predicted octanol–water partition coefficient (Wildman–Crippen LogP) is 3.97. The van der Waals surface area contributed by atoms with Crippen LogP contribution >= 0.6 is 15.9 Å². The fraction of sp³-hybridized carbons (Fsp3) is 0.316. The van der Waals surface area contributed by atoms with E-state index in [1.165, 1.54) is 11.3 Å². The largest absolute Gasteiger partial charge is 0.370 e. The van der Waals surface area contributed by atoms with E-state index in [0.717, 1.165) is 49.9 Å². The molecule has 1 aliphatic rings. The van der Waals surface area contributed by atoms with Crippen LogP contribution in [0.3, 0.4) is 0 Å². The van der Waals surface area contributed by atoms with E-state index in [0.29, 0.717) is 5.56 Å². The smallest absolute Gasteiger partial charge is 0.151 e. The molecule has 3 nitrogen and oxygen atoms in total. The van der Waals surface area contributed by atoms with Crippen molar-refractivity contribution in [3.63, 3.8) is 0 Å². The van der Waals surface area contributed by atoms with Crippen LogP contribution in [0.2, 0.25) is 0 Å². The van der Waals surface area contributed by atoms with Gasteiger partial charge in [0.05, 0.1) is 0 Å². The lowest BCUT2D eigenvalue weighted by Gasteiger charge is -2.24. The molecule has 2 aromatic rings. The number of hydrogen-bond donors (Lipinski definition) is 0. The zero-order chi connectivity index (χ0) is 16.1. The minimum absolute atomic E-state index is 0.703. The maximum absolute atomic E-state index is 10.9. The van der Waals surface area contributed by atoms with Gasteiger partial charge in [-0.15, -0.1) is 0 Å². The van der Waals surface area contributed by atoms with E-state index in [1.54, 1.807) is 0 Å². The normalized spacial score (nSPS) is 16.1. The van der Waals surface area contributed by atoms with E-state index in [1.807, 2.05) is 12.1 Å². The van der Waals surface area contributed by atoms with E-state index in [2.05, 4.69) is 62.1 Å². The van der Waals surface area contributed by atoms with Gasteiger partial charge in [-0.2, -0.15) is 0 Å². The Hall–Kier alpha value is -1.65. The van der Waals surface area contributed by atoms with Crippen molar-refractivity contribution in [1.29, 1.82) is 0 Å². The molecule has 0 radical (unpaired) electrons. The molecule has 1 heterocycles. The highest BCUT2D eigenvalue weighted by atomic mass is 79.9. The monoisotopic (exact) mass is 372 g/mol. The van der Waals surface area contributed by atoms with Crippen molar-refractivity contribution in [2.75, 3.05) is 31.1 Å². The summed E-state index contributed by atoms with van der Waals surface area (Å²) in [5.74, 6) is 0. The number of carbonyl (C=O) groups is 1. The third-order valence-corrected chi connectivity index (χ3v) is 5.00. The summed E-state index contributed by atoms with van der Waals surface area (Å²) < 4.78 is 0.871. The second kappa shape index (κ2) is 7.75. The SMILES string of the molecule is O=Cc1ccc(N2CCCN(Cc3ccccc3)CC2)cc1Br. The van der Waals surface area contributed by atoms with Crippen LogP contribution in [0.5, 0.6) is 0 Å². The average Bonchev–Trinajstić information content (AvgIpc) is 2.81. The van der Waals surface area contributed by atoms with Gasteiger partial charge in [-0.25, -0.2) is 0 Å². The number of aldehydes is 1. The van der Waals surface area contributed by atoms with Crippen LogP contribution in [0.25, 0.3) is 0 Å². The van der Waals surface area contributed by atoms with Crippen LogP contribution in [-0.4, -0.2) is 37.4 Å². The van der Waals surface area contributed by atoms with Crippen molar-refractivity contribution in [3.05, 3.63) is 64.1 Å². The molecule has 23 heavy (non-hydrogen) atoms. The van der Waals surface area contributed by atoms with E-state index >= 15 is 0 Å². The minimum atomic E-state index is 0.703. The van der Waals surface area contributed by atoms with Crippen molar-refractivity contribution in [3.8, 4) is 0 Å². The van der Waals surface area contributed by atoms with Crippen molar-refractivity contribution in [2.45, 2.75) is 13.0 Å². The molecule has 1 saturated heterocycles. The molecule has 120 valence electrons. The van der Waals surface area contributed by atoms with Crippen molar-refractivity contribution >= 4 is 27.9 Å². The molecule has 0 spiro atoms. The fourth-order valence-electron chi connectivity index (χ4n) is 3.04. The fourth-order valence-corrected chi connectivity index (χ4v) is 3.50. The van der Waals surface area contributed by atoms with E-state index in [9.17, 15) is 4.79 Å². The highest BCUT2D eigenvalue weighted by molar-refractivity contribution is 9.10. The second-order valence-corrected chi connectivity index (χ2v) is 6.78. The lowest BCUT2D eigenvalue weighted by atomic mass is 10.2. The first-order valence-corrected chi connectivity index (χ1v) is 8.81. The number of halogens is 1. The Kier molecular flexibility index (Phi) is 5.47. The molecule has 0 aliphatic carbocycles. The maximum Gasteiger partial charge on any atom is 0.151 e. The first-order valence-electron chi connectivity index (χ1n) is 8.02. The van der Waals surface area contributed by atoms with Crippen molar-refractivity contribution < 1.29 is 4.79 Å². The van der Waals surface area contributed by atoms with E-state index < -0.39 is 0 Å². The van der Waals surface area contributed by atoms with Gasteiger partial charge in [0, 0.05) is 48.4 Å². The molecule has 4 heteroatoms. The van der Waals surface area contributed by atoms with Crippen LogP contribution in [0.1, 0.15) is 22.3 Å². The lowest BCUT2D eigenvalue weighted by Crippen LogP contribution is -2.30. The van der Waals surface area contributed by atoms with Gasteiger partial charge in [0.25, 0.3) is 0 Å². The van der Waals surface area contributed by atoms with E-state index in [-0.39, 0.29) is 0 Å². The quantitative estimate of drug-likeness (QED) is 0.758. The van der Waals surface area contributed by atoms with Crippen LogP contribution < -0.4 is 4.90 Å². The van der Waals surface area contributed by atoms with Crippen molar-refractivity contribution in [1.82, 2.24) is 4.90 Å². The van der Waals surface area contributed by atoms with Gasteiger partial charge in [0.2, 0.25) is 0 Å². The van der Waals surface area contributed by atoms with Gasteiger partial charge in [-0.3, -0.25) is 9.69 Å². The Bertz CT molecular complexity index is 660. The average molecular weight is 373 g/mol. The Morgan fingerprint density at radius 1 is 1.00 bits per heavy atom. The number of carbonyl (C=O) groups excluding carboxylic acids is 1.